The summed E-state index contributed by atoms with van der Waals surface area (Å²) in [6.07, 6.45) is 6.02. The van der Waals surface area contributed by atoms with Gasteiger partial charge in [0.2, 0.25) is 0 Å². The van der Waals surface area contributed by atoms with Crippen LogP contribution in [0.3, 0.4) is 0 Å². The maximum atomic E-state index is 4.49. The van der Waals surface area contributed by atoms with E-state index in [1.54, 1.807) is 0 Å². The van der Waals surface area contributed by atoms with Gasteiger partial charge in [0, 0.05) is 7.92 Å². The molecule has 1 rings (SSSR count). The number of hydrogen-bond donors (Lipinski definition) is 0. The zero-order valence-corrected chi connectivity index (χ0v) is 15.9. The predicted molar refractivity (Wildman–Crippen MR) is 82.3 cm³/mol. The first-order chi connectivity index (χ1) is 7.23. The van der Waals surface area contributed by atoms with Gasteiger partial charge in [-0.15, -0.1) is 0 Å². The van der Waals surface area contributed by atoms with Crippen LogP contribution in [0.4, 0.5) is 0 Å². The van der Waals surface area contributed by atoms with E-state index in [2.05, 4.69) is 69.3 Å². The van der Waals surface area contributed by atoms with E-state index in [-0.39, 0.29) is 15.3 Å². The summed E-state index contributed by atoms with van der Waals surface area (Å²) < 4.78 is 0. The Labute approximate surface area is 126 Å². The summed E-state index contributed by atoms with van der Waals surface area (Å²) in [5, 5.41) is 1.13. The van der Waals surface area contributed by atoms with Crippen LogP contribution in [0, 0.1) is 7.43 Å². The van der Waals surface area contributed by atoms with Crippen molar-refractivity contribution in [3.8, 4) is 0 Å². The van der Waals surface area contributed by atoms with Crippen LogP contribution in [-0.4, -0.2) is 16.0 Å². The van der Waals surface area contributed by atoms with Crippen molar-refractivity contribution in [1.82, 2.24) is 0 Å². The fourth-order valence-electron chi connectivity index (χ4n) is 3.56. The maximum absolute atomic E-state index is 4.49. The molecule has 0 aromatic rings. The molecule has 0 spiro atoms. The Morgan fingerprint density at radius 1 is 0.882 bits per heavy atom. The van der Waals surface area contributed by atoms with Crippen LogP contribution in [0.25, 0.3) is 0 Å². The Morgan fingerprint density at radius 3 is 1.41 bits per heavy atom. The second-order valence-electron chi connectivity index (χ2n) is 6.90. The first kappa shape index (κ1) is 20.7. The third-order valence-electron chi connectivity index (χ3n) is 3.38. The fraction of sp³-hybridized carbons (Fsp3) is 0.929. The van der Waals surface area contributed by atoms with E-state index >= 15 is 0 Å². The monoisotopic (exact) mass is 371 g/mol. The van der Waals surface area contributed by atoms with Gasteiger partial charge < -0.3 is 7.43 Å². The van der Waals surface area contributed by atoms with E-state index in [0.717, 1.165) is 5.66 Å². The molecular formula is C14H31ClPPd+. The van der Waals surface area contributed by atoms with Crippen LogP contribution in [0.1, 0.15) is 67.2 Å². The predicted octanol–water partition coefficient (Wildman–Crippen LogP) is 5.88. The molecule has 1 aliphatic carbocycles. The summed E-state index contributed by atoms with van der Waals surface area (Å²) in [5.74, 6) is 0. The molecule has 1 fully saturated rings. The van der Waals surface area contributed by atoms with Crippen molar-refractivity contribution in [2.45, 2.75) is 83.2 Å². The summed E-state index contributed by atoms with van der Waals surface area (Å²) in [5.41, 5.74) is 1.08. The van der Waals surface area contributed by atoms with Crippen molar-refractivity contribution in [1.29, 1.82) is 0 Å². The van der Waals surface area contributed by atoms with Gasteiger partial charge in [0.25, 0.3) is 0 Å². The van der Waals surface area contributed by atoms with Crippen molar-refractivity contribution in [3.63, 3.8) is 0 Å². The van der Waals surface area contributed by atoms with E-state index in [4.69, 9.17) is 0 Å². The van der Waals surface area contributed by atoms with Gasteiger partial charge in [-0.2, -0.15) is 0 Å². The molecule has 17 heavy (non-hydrogen) atoms. The summed E-state index contributed by atoms with van der Waals surface area (Å²) >= 11 is 2.22. The number of hydrogen-bond acceptors (Lipinski definition) is 0. The SMILES string of the molecule is CC(C)(C)[PH+](C1CCCC1)C(C)(C)C.[CH3-].[Cl][Pd+]. The second-order valence-corrected chi connectivity index (χ2v) is 11.5. The van der Waals surface area contributed by atoms with Gasteiger partial charge in [-0.1, -0.05) is 0 Å². The quantitative estimate of drug-likeness (QED) is 0.306. The number of rotatable bonds is 1. The molecule has 0 saturated heterocycles. The molecule has 0 aliphatic heterocycles. The minimum absolute atomic E-state index is 0. The van der Waals surface area contributed by atoms with Crippen LogP contribution in [-0.2, 0) is 18.2 Å². The van der Waals surface area contributed by atoms with E-state index in [0.29, 0.717) is 10.3 Å². The Balaban J connectivity index is 0. The first-order valence-electron chi connectivity index (χ1n) is 6.22. The molecule has 0 heterocycles. The molecule has 108 valence electrons. The number of halogens is 1. The Kier molecular flexibility index (Phi) is 10.4. The van der Waals surface area contributed by atoms with Crippen LogP contribution < -0.4 is 0 Å². The molecule has 0 bridgehead atoms. The molecule has 0 nitrogen and oxygen atoms in total. The molecule has 0 atom stereocenters. The van der Waals surface area contributed by atoms with Crippen LogP contribution in [0.15, 0.2) is 0 Å². The fourth-order valence-corrected chi connectivity index (χ4v) is 9.25. The molecular weight excluding hydrogens is 341 g/mol. The van der Waals surface area contributed by atoms with Crippen molar-refractivity contribution < 1.29 is 18.2 Å². The van der Waals surface area contributed by atoms with Gasteiger partial charge in [0.05, 0.1) is 16.0 Å². The summed E-state index contributed by atoms with van der Waals surface area (Å²) in [4.78, 5) is 0. The standard InChI is InChI=1S/C13H27P.CH3.ClH.Pd/c1-12(2,3)14(13(4,5)6)11-9-7-8-10-11;;;/h11H,7-10H2,1-6H3;1H3;1H;/q;-1;;+2. The summed E-state index contributed by atoms with van der Waals surface area (Å²) in [7, 11) is 4.24. The zero-order valence-electron chi connectivity index (χ0n) is 12.6. The van der Waals surface area contributed by atoms with E-state index in [1.165, 1.54) is 25.7 Å². The average Bonchev–Trinajstić information content (AvgIpc) is 2.55. The van der Waals surface area contributed by atoms with Crippen LogP contribution >= 0.6 is 17.5 Å². The second kappa shape index (κ2) is 8.53. The molecule has 0 N–H and O–H groups in total. The molecule has 1 aliphatic rings. The van der Waals surface area contributed by atoms with Gasteiger partial charge in [-0.3, -0.25) is 0 Å². The Bertz CT molecular complexity index is 173. The first-order valence-corrected chi connectivity index (χ1v) is 9.80. The van der Waals surface area contributed by atoms with Crippen molar-refractivity contribution in [2.24, 2.45) is 0 Å². The topological polar surface area (TPSA) is 0 Å². The Hall–Kier alpha value is 1.38. The van der Waals surface area contributed by atoms with Gasteiger partial charge in [0.1, 0.15) is 0 Å². The van der Waals surface area contributed by atoms with Gasteiger partial charge in [-0.05, 0) is 67.2 Å². The molecule has 1 saturated carbocycles. The van der Waals surface area contributed by atoms with E-state index in [9.17, 15) is 0 Å². The Morgan fingerprint density at radius 2 is 1.18 bits per heavy atom. The minimum atomic E-state index is -0.253. The van der Waals surface area contributed by atoms with Crippen molar-refractivity contribution in [2.75, 3.05) is 0 Å². The van der Waals surface area contributed by atoms with E-state index in [1.807, 2.05) is 0 Å². The van der Waals surface area contributed by atoms with Gasteiger partial charge in [0.15, 0.2) is 0 Å². The molecule has 0 aromatic carbocycles. The third-order valence-corrected chi connectivity index (χ3v) is 8.01. The zero-order chi connectivity index (χ0) is 13.0. The third kappa shape index (κ3) is 6.92. The normalized spacial score (nSPS) is 17.5. The molecule has 0 amide bonds. The molecule has 0 radical (unpaired) electrons. The summed E-state index contributed by atoms with van der Waals surface area (Å²) in [6, 6.07) is 0. The molecule has 0 unspecified atom stereocenters. The van der Waals surface area contributed by atoms with Crippen LogP contribution in [0.5, 0.6) is 0 Å². The van der Waals surface area contributed by atoms with Crippen molar-refractivity contribution >= 4 is 17.5 Å². The summed E-state index contributed by atoms with van der Waals surface area (Å²) in [6.45, 7) is 14.8. The molecule has 0 aromatic heterocycles. The molecule has 3 heteroatoms. The van der Waals surface area contributed by atoms with Crippen molar-refractivity contribution in [3.05, 3.63) is 7.43 Å². The van der Waals surface area contributed by atoms with Gasteiger partial charge in [-0.25, -0.2) is 0 Å². The van der Waals surface area contributed by atoms with Gasteiger partial charge >= 0.3 is 27.7 Å². The van der Waals surface area contributed by atoms with Crippen LogP contribution in [0.2, 0.25) is 0 Å². The average molecular weight is 372 g/mol. The van der Waals surface area contributed by atoms with E-state index < -0.39 is 0 Å².